The number of nitrogens with one attached hydrogen (secondary N) is 1. The smallest absolute Gasteiger partial charge is 0.194 e. The number of nitrogens with zero attached hydrogens (tertiary/aromatic N) is 6. The van der Waals surface area contributed by atoms with Crippen molar-refractivity contribution in [2.24, 2.45) is 4.99 Å². The topological polar surface area (TPSA) is 70.8 Å². The van der Waals surface area contributed by atoms with Gasteiger partial charge >= 0.3 is 0 Å². The van der Waals surface area contributed by atoms with Gasteiger partial charge in [0.2, 0.25) is 0 Å². The van der Waals surface area contributed by atoms with E-state index in [1.165, 1.54) is 0 Å². The SMILES string of the molecule is C=C(C)CN=C(NCCn1cnnc1CC)N1CCN(c2ccccc2OC)CC1. The Labute approximate surface area is 179 Å². The fourth-order valence-corrected chi connectivity index (χ4v) is 3.56. The first-order chi connectivity index (χ1) is 14.6. The first kappa shape index (κ1) is 21.7. The molecule has 2 heterocycles. The number of hydrogen-bond acceptors (Lipinski definition) is 5. The maximum absolute atomic E-state index is 5.53. The number of hydrogen-bond donors (Lipinski definition) is 1. The Morgan fingerprint density at radius 3 is 2.70 bits per heavy atom. The summed E-state index contributed by atoms with van der Waals surface area (Å²) in [6.07, 6.45) is 2.67. The van der Waals surface area contributed by atoms with Crippen LogP contribution < -0.4 is 15.0 Å². The first-order valence-electron chi connectivity index (χ1n) is 10.5. The van der Waals surface area contributed by atoms with Gasteiger partial charge in [-0.15, -0.1) is 10.2 Å². The Hall–Kier alpha value is -3.03. The molecule has 0 spiro atoms. The Morgan fingerprint density at radius 1 is 1.23 bits per heavy atom. The monoisotopic (exact) mass is 411 g/mol. The van der Waals surface area contributed by atoms with Crippen molar-refractivity contribution in [3.8, 4) is 5.75 Å². The summed E-state index contributed by atoms with van der Waals surface area (Å²) >= 11 is 0. The van der Waals surface area contributed by atoms with Crippen molar-refractivity contribution in [2.45, 2.75) is 26.8 Å². The van der Waals surface area contributed by atoms with E-state index in [2.05, 4.69) is 55.5 Å². The number of benzene rings is 1. The molecule has 1 aliphatic rings. The summed E-state index contributed by atoms with van der Waals surface area (Å²) in [4.78, 5) is 9.48. The van der Waals surface area contributed by atoms with Gasteiger partial charge in [-0.2, -0.15) is 0 Å². The van der Waals surface area contributed by atoms with Gasteiger partial charge in [0.1, 0.15) is 17.9 Å². The predicted molar refractivity (Wildman–Crippen MR) is 121 cm³/mol. The fourth-order valence-electron chi connectivity index (χ4n) is 3.56. The summed E-state index contributed by atoms with van der Waals surface area (Å²) in [5, 5.41) is 11.7. The number of ether oxygens (including phenoxy) is 1. The third-order valence-electron chi connectivity index (χ3n) is 5.15. The molecular formula is C22H33N7O. The average Bonchev–Trinajstić information content (AvgIpc) is 3.23. The molecule has 1 aliphatic heterocycles. The van der Waals surface area contributed by atoms with Crippen molar-refractivity contribution in [3.05, 3.63) is 48.6 Å². The highest BCUT2D eigenvalue weighted by Crippen LogP contribution is 2.28. The number of methoxy groups -OCH3 is 1. The number of rotatable bonds is 8. The lowest BCUT2D eigenvalue weighted by molar-refractivity contribution is 0.366. The second kappa shape index (κ2) is 10.7. The third-order valence-corrected chi connectivity index (χ3v) is 5.15. The van der Waals surface area contributed by atoms with Crippen LogP contribution in [0.1, 0.15) is 19.7 Å². The molecule has 1 fully saturated rings. The quantitative estimate of drug-likeness (QED) is 0.408. The Kier molecular flexibility index (Phi) is 7.70. The Morgan fingerprint density at radius 2 is 2.00 bits per heavy atom. The van der Waals surface area contributed by atoms with Crippen LogP contribution in [-0.4, -0.2) is 72.0 Å². The second-order valence-electron chi connectivity index (χ2n) is 7.46. The summed E-state index contributed by atoms with van der Waals surface area (Å²) in [6, 6.07) is 8.19. The molecule has 0 saturated carbocycles. The molecule has 0 unspecified atom stereocenters. The molecule has 0 aliphatic carbocycles. The van der Waals surface area contributed by atoms with Gasteiger partial charge in [-0.25, -0.2) is 4.99 Å². The van der Waals surface area contributed by atoms with Gasteiger partial charge in [-0.3, -0.25) is 0 Å². The minimum atomic E-state index is 0.627. The highest BCUT2D eigenvalue weighted by Gasteiger charge is 2.21. The summed E-state index contributed by atoms with van der Waals surface area (Å²) in [5.74, 6) is 2.85. The van der Waals surface area contributed by atoms with Crippen molar-refractivity contribution in [3.63, 3.8) is 0 Å². The van der Waals surface area contributed by atoms with Crippen LogP contribution in [0.5, 0.6) is 5.75 Å². The number of aryl methyl sites for hydroxylation is 1. The number of guanidine groups is 1. The van der Waals surface area contributed by atoms with Crippen LogP contribution in [0.3, 0.4) is 0 Å². The summed E-state index contributed by atoms with van der Waals surface area (Å²) in [6.45, 7) is 13.9. The zero-order valence-corrected chi connectivity index (χ0v) is 18.3. The average molecular weight is 412 g/mol. The number of aromatic nitrogens is 3. The summed E-state index contributed by atoms with van der Waals surface area (Å²) in [5.41, 5.74) is 2.20. The summed E-state index contributed by atoms with van der Waals surface area (Å²) < 4.78 is 7.62. The van der Waals surface area contributed by atoms with Crippen LogP contribution in [0.25, 0.3) is 0 Å². The molecule has 0 atom stereocenters. The van der Waals surface area contributed by atoms with E-state index in [4.69, 9.17) is 9.73 Å². The van der Waals surface area contributed by atoms with Gasteiger partial charge in [-0.1, -0.05) is 31.2 Å². The van der Waals surface area contributed by atoms with Crippen molar-refractivity contribution >= 4 is 11.6 Å². The van der Waals surface area contributed by atoms with E-state index in [1.54, 1.807) is 13.4 Å². The first-order valence-corrected chi connectivity index (χ1v) is 10.5. The largest absolute Gasteiger partial charge is 0.495 e. The lowest BCUT2D eigenvalue weighted by Crippen LogP contribution is -2.53. The van der Waals surface area contributed by atoms with Crippen LogP contribution in [0.2, 0.25) is 0 Å². The van der Waals surface area contributed by atoms with E-state index >= 15 is 0 Å². The number of anilines is 1. The van der Waals surface area contributed by atoms with Crippen LogP contribution in [0, 0.1) is 0 Å². The van der Waals surface area contributed by atoms with Crippen LogP contribution in [-0.2, 0) is 13.0 Å². The minimum absolute atomic E-state index is 0.627. The van der Waals surface area contributed by atoms with Crippen molar-refractivity contribution in [1.82, 2.24) is 25.0 Å². The van der Waals surface area contributed by atoms with Crippen LogP contribution in [0.15, 0.2) is 47.7 Å². The van der Waals surface area contributed by atoms with E-state index in [-0.39, 0.29) is 0 Å². The van der Waals surface area contributed by atoms with Gasteiger partial charge in [0, 0.05) is 45.7 Å². The number of para-hydroxylation sites is 2. The highest BCUT2D eigenvalue weighted by atomic mass is 16.5. The molecule has 0 bridgehead atoms. The lowest BCUT2D eigenvalue weighted by atomic mass is 10.2. The van der Waals surface area contributed by atoms with Crippen LogP contribution >= 0.6 is 0 Å². The predicted octanol–water partition coefficient (Wildman–Crippen LogP) is 2.19. The third kappa shape index (κ3) is 5.52. The van der Waals surface area contributed by atoms with Gasteiger partial charge in [0.15, 0.2) is 5.96 Å². The van der Waals surface area contributed by atoms with Crippen molar-refractivity contribution in [1.29, 1.82) is 0 Å². The molecule has 2 aromatic rings. The minimum Gasteiger partial charge on any atom is -0.495 e. The van der Waals surface area contributed by atoms with E-state index in [0.29, 0.717) is 6.54 Å². The van der Waals surface area contributed by atoms with Gasteiger partial charge in [-0.05, 0) is 19.1 Å². The fraction of sp³-hybridized carbons (Fsp3) is 0.500. The van der Waals surface area contributed by atoms with Crippen molar-refractivity contribution < 1.29 is 4.74 Å². The van der Waals surface area contributed by atoms with E-state index < -0.39 is 0 Å². The van der Waals surface area contributed by atoms with E-state index in [1.807, 2.05) is 19.1 Å². The zero-order valence-electron chi connectivity index (χ0n) is 18.3. The van der Waals surface area contributed by atoms with Crippen LogP contribution in [0.4, 0.5) is 5.69 Å². The Bertz CT molecular complexity index is 853. The summed E-state index contributed by atoms with van der Waals surface area (Å²) in [7, 11) is 1.72. The zero-order chi connectivity index (χ0) is 21.3. The maximum Gasteiger partial charge on any atom is 0.194 e. The number of aliphatic imine (C=N–C) groups is 1. The molecule has 30 heavy (non-hydrogen) atoms. The Balaban J connectivity index is 1.60. The number of piperazine rings is 1. The molecule has 0 radical (unpaired) electrons. The molecule has 0 amide bonds. The molecule has 8 nitrogen and oxygen atoms in total. The lowest BCUT2D eigenvalue weighted by Gasteiger charge is -2.38. The molecule has 1 N–H and O–H groups in total. The normalized spacial score (nSPS) is 14.7. The molecular weight excluding hydrogens is 378 g/mol. The molecule has 1 aromatic carbocycles. The van der Waals surface area contributed by atoms with E-state index in [9.17, 15) is 0 Å². The van der Waals surface area contributed by atoms with Gasteiger partial charge < -0.3 is 24.4 Å². The van der Waals surface area contributed by atoms with Gasteiger partial charge in [0.05, 0.1) is 19.3 Å². The van der Waals surface area contributed by atoms with E-state index in [0.717, 1.165) is 74.5 Å². The molecule has 1 aromatic heterocycles. The second-order valence-corrected chi connectivity index (χ2v) is 7.46. The van der Waals surface area contributed by atoms with Crippen molar-refractivity contribution in [2.75, 3.05) is 51.3 Å². The molecule has 8 heteroatoms. The maximum atomic E-state index is 5.53. The molecule has 1 saturated heterocycles. The van der Waals surface area contributed by atoms with Gasteiger partial charge in [0.25, 0.3) is 0 Å². The molecule has 162 valence electrons. The molecule has 3 rings (SSSR count). The standard InChI is InChI=1S/C22H33N7O/c1-5-21-26-25-17-29(21)11-10-23-22(24-16-18(2)3)28-14-12-27(13-15-28)19-8-6-7-9-20(19)30-4/h6-9,17H,2,5,10-16H2,1,3-4H3,(H,23,24). The highest BCUT2D eigenvalue weighted by molar-refractivity contribution is 5.80.